The molecule has 1 aromatic heterocycles. The van der Waals surface area contributed by atoms with Crippen LogP contribution in [0.4, 0.5) is 5.69 Å². The number of hydrogen-bond donors (Lipinski definition) is 2. The Morgan fingerprint density at radius 3 is 2.48 bits per heavy atom. The second-order valence-electron chi connectivity index (χ2n) is 7.47. The van der Waals surface area contributed by atoms with E-state index in [-0.39, 0.29) is 11.3 Å². The monoisotopic (exact) mass is 392 g/mol. The van der Waals surface area contributed by atoms with Gasteiger partial charge in [0.25, 0.3) is 5.91 Å². The maximum absolute atomic E-state index is 13.2. The molecule has 1 saturated heterocycles. The molecule has 2 heterocycles. The zero-order chi connectivity index (χ0) is 20.3. The molecule has 7 nitrogen and oxygen atoms in total. The molecule has 2 fully saturated rings. The highest BCUT2D eigenvalue weighted by molar-refractivity contribution is 5.92. The van der Waals surface area contributed by atoms with E-state index in [0.29, 0.717) is 13.1 Å². The van der Waals surface area contributed by atoms with E-state index >= 15 is 0 Å². The van der Waals surface area contributed by atoms with Crippen LogP contribution in [0.3, 0.4) is 0 Å². The van der Waals surface area contributed by atoms with Crippen LogP contribution in [-0.2, 0) is 15.0 Å². The van der Waals surface area contributed by atoms with Gasteiger partial charge in [0.2, 0.25) is 5.91 Å². The summed E-state index contributed by atoms with van der Waals surface area (Å²) in [6, 6.07) is 11.7. The Morgan fingerprint density at radius 2 is 1.83 bits per heavy atom. The SMILES string of the molecule is O=C(C=Cc1ccccc1N1CCN(C(=O)C2(c3cccnc3)CC2)CC1)NO. The van der Waals surface area contributed by atoms with Gasteiger partial charge >= 0.3 is 0 Å². The number of piperazine rings is 1. The molecule has 7 heteroatoms. The number of nitrogens with one attached hydrogen (secondary N) is 1. The van der Waals surface area contributed by atoms with Crippen molar-refractivity contribution in [3.63, 3.8) is 0 Å². The van der Waals surface area contributed by atoms with Crippen LogP contribution >= 0.6 is 0 Å². The number of para-hydroxylation sites is 1. The highest BCUT2D eigenvalue weighted by Crippen LogP contribution is 2.49. The number of hydrogen-bond acceptors (Lipinski definition) is 5. The van der Waals surface area contributed by atoms with E-state index in [1.165, 1.54) is 6.08 Å². The minimum Gasteiger partial charge on any atom is -0.367 e. The van der Waals surface area contributed by atoms with Gasteiger partial charge < -0.3 is 9.80 Å². The Hall–Kier alpha value is -3.19. The van der Waals surface area contributed by atoms with Crippen molar-refractivity contribution in [3.05, 3.63) is 66.0 Å². The van der Waals surface area contributed by atoms with Crippen LogP contribution < -0.4 is 10.4 Å². The molecule has 1 aliphatic carbocycles. The average molecular weight is 392 g/mol. The van der Waals surface area contributed by atoms with E-state index in [2.05, 4.69) is 9.88 Å². The Bertz CT molecular complexity index is 917. The molecule has 4 rings (SSSR count). The quantitative estimate of drug-likeness (QED) is 0.462. The molecular formula is C22H24N4O3. The van der Waals surface area contributed by atoms with Crippen LogP contribution in [0.25, 0.3) is 6.08 Å². The standard InChI is InChI=1S/C22H24N4O3/c27-20(24-29)8-7-17-4-1-2-6-19(17)25-12-14-26(15-13-25)21(28)22(9-10-22)18-5-3-11-23-16-18/h1-8,11,16,29H,9-10,12-15H2,(H,24,27). The first-order valence-corrected chi connectivity index (χ1v) is 9.80. The molecule has 1 aromatic carbocycles. The number of nitrogens with zero attached hydrogens (tertiary/aromatic N) is 3. The maximum atomic E-state index is 13.2. The molecule has 1 aliphatic heterocycles. The molecule has 0 radical (unpaired) electrons. The van der Waals surface area contributed by atoms with Crippen LogP contribution in [0.1, 0.15) is 24.0 Å². The molecule has 2 amide bonds. The molecule has 0 bridgehead atoms. The summed E-state index contributed by atoms with van der Waals surface area (Å²) in [4.78, 5) is 32.9. The smallest absolute Gasteiger partial charge is 0.267 e. The largest absolute Gasteiger partial charge is 0.367 e. The van der Waals surface area contributed by atoms with Crippen molar-refractivity contribution >= 4 is 23.6 Å². The first-order valence-electron chi connectivity index (χ1n) is 9.80. The second-order valence-corrected chi connectivity index (χ2v) is 7.47. The summed E-state index contributed by atoms with van der Waals surface area (Å²) in [5.74, 6) is -0.363. The zero-order valence-electron chi connectivity index (χ0n) is 16.1. The lowest BCUT2D eigenvalue weighted by Crippen LogP contribution is -2.51. The molecule has 2 aliphatic rings. The normalized spacial score (nSPS) is 18.0. The van der Waals surface area contributed by atoms with E-state index in [9.17, 15) is 9.59 Å². The van der Waals surface area contributed by atoms with E-state index in [0.717, 1.165) is 42.7 Å². The summed E-state index contributed by atoms with van der Waals surface area (Å²) < 4.78 is 0. The summed E-state index contributed by atoms with van der Waals surface area (Å²) in [5.41, 5.74) is 4.14. The highest BCUT2D eigenvalue weighted by Gasteiger charge is 2.53. The van der Waals surface area contributed by atoms with Crippen LogP contribution in [0, 0.1) is 0 Å². The van der Waals surface area contributed by atoms with Crippen molar-refractivity contribution < 1.29 is 14.8 Å². The number of carbonyl (C=O) groups excluding carboxylic acids is 2. The number of pyridine rings is 1. The number of carbonyl (C=O) groups is 2. The van der Waals surface area contributed by atoms with Crippen molar-refractivity contribution in [2.45, 2.75) is 18.3 Å². The molecule has 1 saturated carbocycles. The van der Waals surface area contributed by atoms with Gasteiger partial charge in [-0.1, -0.05) is 24.3 Å². The first-order chi connectivity index (χ1) is 14.1. The van der Waals surface area contributed by atoms with Crippen LogP contribution in [0.15, 0.2) is 54.9 Å². The topological polar surface area (TPSA) is 85.8 Å². The number of rotatable bonds is 5. The van der Waals surface area contributed by atoms with E-state index < -0.39 is 5.91 Å². The first kappa shape index (κ1) is 19.1. The minimum atomic E-state index is -0.569. The Labute approximate surface area is 169 Å². The summed E-state index contributed by atoms with van der Waals surface area (Å²) in [6.45, 7) is 2.78. The summed E-state index contributed by atoms with van der Waals surface area (Å²) in [6.07, 6.45) is 8.30. The molecule has 0 atom stereocenters. The Morgan fingerprint density at radius 1 is 1.07 bits per heavy atom. The van der Waals surface area contributed by atoms with Crippen LogP contribution in [0.5, 0.6) is 0 Å². The van der Waals surface area contributed by atoms with Gasteiger partial charge in [0.05, 0.1) is 5.41 Å². The molecular weight excluding hydrogens is 368 g/mol. The lowest BCUT2D eigenvalue weighted by atomic mass is 9.95. The fourth-order valence-electron chi connectivity index (χ4n) is 3.97. The van der Waals surface area contributed by atoms with Crippen molar-refractivity contribution in [1.82, 2.24) is 15.4 Å². The van der Waals surface area contributed by atoms with E-state index in [1.807, 2.05) is 47.5 Å². The predicted octanol–water partition coefficient (Wildman–Crippen LogP) is 1.98. The molecule has 0 unspecified atom stereocenters. The van der Waals surface area contributed by atoms with Gasteiger partial charge in [-0.15, -0.1) is 0 Å². The van der Waals surface area contributed by atoms with E-state index in [4.69, 9.17) is 5.21 Å². The number of hydroxylamine groups is 1. The molecule has 0 spiro atoms. The zero-order valence-corrected chi connectivity index (χ0v) is 16.1. The summed E-state index contributed by atoms with van der Waals surface area (Å²) in [5, 5.41) is 8.66. The Balaban J connectivity index is 1.44. The average Bonchev–Trinajstić information content (AvgIpc) is 3.60. The summed E-state index contributed by atoms with van der Waals surface area (Å²) in [7, 11) is 0. The lowest BCUT2D eigenvalue weighted by Gasteiger charge is -2.38. The number of anilines is 1. The number of aromatic nitrogens is 1. The van der Waals surface area contributed by atoms with Gasteiger partial charge in [0.15, 0.2) is 0 Å². The van der Waals surface area contributed by atoms with Crippen molar-refractivity contribution in [2.24, 2.45) is 0 Å². The van der Waals surface area contributed by atoms with Crippen molar-refractivity contribution in [2.75, 3.05) is 31.1 Å². The molecule has 2 N–H and O–H groups in total. The van der Waals surface area contributed by atoms with Crippen LogP contribution in [-0.4, -0.2) is 53.1 Å². The number of amides is 2. The highest BCUT2D eigenvalue weighted by atomic mass is 16.5. The fourth-order valence-corrected chi connectivity index (χ4v) is 3.97. The molecule has 150 valence electrons. The molecule has 29 heavy (non-hydrogen) atoms. The van der Waals surface area contributed by atoms with Gasteiger partial charge in [0.1, 0.15) is 0 Å². The minimum absolute atomic E-state index is 0.206. The van der Waals surface area contributed by atoms with E-state index in [1.54, 1.807) is 17.8 Å². The van der Waals surface area contributed by atoms with Crippen molar-refractivity contribution in [3.8, 4) is 0 Å². The third-order valence-corrected chi connectivity index (χ3v) is 5.74. The van der Waals surface area contributed by atoms with Crippen molar-refractivity contribution in [1.29, 1.82) is 0 Å². The fraction of sp³-hybridized carbons (Fsp3) is 0.318. The third-order valence-electron chi connectivity index (χ3n) is 5.74. The van der Waals surface area contributed by atoms with Gasteiger partial charge in [0, 0.05) is 50.3 Å². The van der Waals surface area contributed by atoms with Gasteiger partial charge in [-0.25, -0.2) is 5.48 Å². The summed E-state index contributed by atoms with van der Waals surface area (Å²) >= 11 is 0. The van der Waals surface area contributed by atoms with Gasteiger partial charge in [-0.05, 0) is 42.2 Å². The predicted molar refractivity (Wildman–Crippen MR) is 109 cm³/mol. The number of benzene rings is 1. The third kappa shape index (κ3) is 3.86. The molecule has 2 aromatic rings. The Kier molecular flexibility index (Phi) is 5.31. The van der Waals surface area contributed by atoms with Crippen LogP contribution in [0.2, 0.25) is 0 Å². The maximum Gasteiger partial charge on any atom is 0.267 e. The van der Waals surface area contributed by atoms with Gasteiger partial charge in [-0.2, -0.15) is 0 Å². The van der Waals surface area contributed by atoms with Gasteiger partial charge in [-0.3, -0.25) is 19.8 Å². The second kappa shape index (κ2) is 8.05. The lowest BCUT2D eigenvalue weighted by molar-refractivity contribution is -0.134.